The van der Waals surface area contributed by atoms with E-state index in [0.29, 0.717) is 57.6 Å². The number of hydrogen-bond acceptors (Lipinski definition) is 8. The number of carbonyl (C=O) groups is 1. The second-order valence-electron chi connectivity index (χ2n) is 9.88. The first kappa shape index (κ1) is 24.6. The van der Waals surface area contributed by atoms with Gasteiger partial charge in [-0.2, -0.15) is 5.26 Å². The van der Waals surface area contributed by atoms with Crippen LogP contribution < -0.4 is 4.90 Å². The quantitative estimate of drug-likeness (QED) is 0.375. The molecule has 3 aromatic heterocycles. The minimum atomic E-state index is -0.574. The SMILES string of the molecule is C[C@H]1CN(C(=O)OC(C)(C)C)CCN1c1ncnc2c1c(-c1ccccc1F)cn2-c1ncc(C#N)s1. The number of rotatable bonds is 3. The molecule has 37 heavy (non-hydrogen) atoms. The summed E-state index contributed by atoms with van der Waals surface area (Å²) in [6.45, 7) is 8.98. The third-order valence-electron chi connectivity index (χ3n) is 6.09. The Morgan fingerprint density at radius 2 is 1.97 bits per heavy atom. The number of thiazole rings is 1. The molecule has 0 aliphatic carbocycles. The Bertz CT molecular complexity index is 1520. The summed E-state index contributed by atoms with van der Waals surface area (Å²) in [5, 5.41) is 10.5. The number of ether oxygens (including phenoxy) is 1. The van der Waals surface area contributed by atoms with Gasteiger partial charge in [-0.15, -0.1) is 0 Å². The number of halogens is 1. The lowest BCUT2D eigenvalue weighted by Gasteiger charge is -2.41. The van der Waals surface area contributed by atoms with Crippen LogP contribution in [0, 0.1) is 17.1 Å². The van der Waals surface area contributed by atoms with Crippen LogP contribution in [0.25, 0.3) is 27.3 Å². The Hall–Kier alpha value is -4.04. The highest BCUT2D eigenvalue weighted by molar-refractivity contribution is 7.14. The Kier molecular flexibility index (Phi) is 6.29. The average Bonchev–Trinajstić information content (AvgIpc) is 3.48. The molecule has 1 aliphatic heterocycles. The molecule has 0 bridgehead atoms. The first-order valence-electron chi connectivity index (χ1n) is 11.9. The van der Waals surface area contributed by atoms with Gasteiger partial charge in [0.05, 0.1) is 11.6 Å². The van der Waals surface area contributed by atoms with Crippen LogP contribution in [-0.4, -0.2) is 61.8 Å². The molecule has 1 aliphatic rings. The van der Waals surface area contributed by atoms with Gasteiger partial charge in [0, 0.05) is 43.0 Å². The van der Waals surface area contributed by atoms with Gasteiger partial charge in [-0.3, -0.25) is 4.57 Å². The first-order chi connectivity index (χ1) is 17.7. The van der Waals surface area contributed by atoms with Crippen molar-refractivity contribution in [2.75, 3.05) is 24.5 Å². The maximum atomic E-state index is 15.0. The summed E-state index contributed by atoms with van der Waals surface area (Å²) in [4.78, 5) is 30.5. The lowest BCUT2D eigenvalue weighted by Crippen LogP contribution is -2.54. The van der Waals surface area contributed by atoms with Crippen molar-refractivity contribution >= 4 is 34.3 Å². The summed E-state index contributed by atoms with van der Waals surface area (Å²) in [7, 11) is 0. The summed E-state index contributed by atoms with van der Waals surface area (Å²) in [6, 6.07) is 8.59. The van der Waals surface area contributed by atoms with E-state index in [9.17, 15) is 10.1 Å². The van der Waals surface area contributed by atoms with Gasteiger partial charge < -0.3 is 14.5 Å². The van der Waals surface area contributed by atoms with Crippen LogP contribution in [0.5, 0.6) is 0 Å². The van der Waals surface area contributed by atoms with Gasteiger partial charge in [-0.1, -0.05) is 29.5 Å². The van der Waals surface area contributed by atoms with E-state index >= 15 is 4.39 Å². The molecule has 11 heteroatoms. The number of fused-ring (bicyclic) bond motifs is 1. The van der Waals surface area contributed by atoms with Crippen LogP contribution in [0.3, 0.4) is 0 Å². The van der Waals surface area contributed by atoms with Crippen molar-refractivity contribution in [3.63, 3.8) is 0 Å². The number of amides is 1. The van der Waals surface area contributed by atoms with Crippen LogP contribution in [0.15, 0.2) is 43.0 Å². The van der Waals surface area contributed by atoms with E-state index in [0.717, 1.165) is 0 Å². The van der Waals surface area contributed by atoms with E-state index < -0.39 is 5.60 Å². The standard InChI is InChI=1S/C26H26FN7O2S/c1-16-13-32(25(35)36-26(2,3)4)9-10-33(16)22-21-19(18-7-5-6-8-20(18)27)14-34(23(21)31-15-30-22)24-29-12-17(11-28)37-24/h5-8,12,14-16H,9-10,13H2,1-4H3/t16-/m0/s1. The molecular formula is C26H26FN7O2S. The summed E-state index contributed by atoms with van der Waals surface area (Å²) >= 11 is 1.23. The predicted molar refractivity (Wildman–Crippen MR) is 139 cm³/mol. The molecule has 1 fully saturated rings. The fourth-order valence-electron chi connectivity index (χ4n) is 4.49. The topological polar surface area (TPSA) is 100 Å². The molecule has 5 rings (SSSR count). The Balaban J connectivity index is 1.60. The number of carbonyl (C=O) groups excluding carboxylic acids is 1. The third kappa shape index (κ3) is 4.72. The lowest BCUT2D eigenvalue weighted by molar-refractivity contribution is 0.0218. The van der Waals surface area contributed by atoms with Crippen LogP contribution in [0.2, 0.25) is 0 Å². The molecule has 1 amide bonds. The third-order valence-corrected chi connectivity index (χ3v) is 6.99. The Labute approximate surface area is 217 Å². The van der Waals surface area contributed by atoms with Gasteiger partial charge in [0.1, 0.15) is 34.5 Å². The second-order valence-corrected chi connectivity index (χ2v) is 10.9. The molecule has 0 spiro atoms. The van der Waals surface area contributed by atoms with E-state index in [1.165, 1.54) is 29.9 Å². The maximum absolute atomic E-state index is 15.0. The molecule has 0 radical (unpaired) electrons. The number of aromatic nitrogens is 4. The zero-order valence-electron chi connectivity index (χ0n) is 21.0. The van der Waals surface area contributed by atoms with Crippen molar-refractivity contribution in [3.8, 4) is 22.3 Å². The highest BCUT2D eigenvalue weighted by atomic mass is 32.1. The molecule has 1 saturated heterocycles. The van der Waals surface area contributed by atoms with Gasteiger partial charge in [-0.05, 0) is 33.8 Å². The normalized spacial score (nSPS) is 16.2. The molecule has 4 aromatic rings. The van der Waals surface area contributed by atoms with E-state index in [1.54, 1.807) is 33.9 Å². The van der Waals surface area contributed by atoms with Gasteiger partial charge >= 0.3 is 6.09 Å². The summed E-state index contributed by atoms with van der Waals surface area (Å²) in [5.74, 6) is 0.284. The van der Waals surface area contributed by atoms with Crippen molar-refractivity contribution in [2.45, 2.75) is 39.3 Å². The number of piperazine rings is 1. The van der Waals surface area contributed by atoms with Gasteiger partial charge in [-0.25, -0.2) is 24.1 Å². The van der Waals surface area contributed by atoms with Crippen molar-refractivity contribution in [1.82, 2.24) is 24.4 Å². The Morgan fingerprint density at radius 1 is 1.19 bits per heavy atom. The number of benzene rings is 1. The predicted octanol–water partition coefficient (Wildman–Crippen LogP) is 5.00. The minimum Gasteiger partial charge on any atom is -0.444 e. The Morgan fingerprint density at radius 3 is 2.65 bits per heavy atom. The molecule has 9 nitrogen and oxygen atoms in total. The summed E-state index contributed by atoms with van der Waals surface area (Å²) in [6.07, 6.45) is 4.44. The van der Waals surface area contributed by atoms with Crippen molar-refractivity contribution in [1.29, 1.82) is 5.26 Å². The van der Waals surface area contributed by atoms with Crippen LogP contribution in [0.1, 0.15) is 32.6 Å². The second kappa shape index (κ2) is 9.44. The number of hydrogen-bond donors (Lipinski definition) is 0. The molecule has 1 atom stereocenters. The first-order valence-corrected chi connectivity index (χ1v) is 12.7. The molecule has 4 heterocycles. The van der Waals surface area contributed by atoms with E-state index in [1.807, 2.05) is 27.7 Å². The number of nitriles is 1. The van der Waals surface area contributed by atoms with Gasteiger partial charge in [0.15, 0.2) is 10.8 Å². The van der Waals surface area contributed by atoms with Crippen molar-refractivity contribution in [3.05, 3.63) is 53.7 Å². The van der Waals surface area contributed by atoms with E-state index in [2.05, 4.69) is 25.9 Å². The van der Waals surface area contributed by atoms with Gasteiger partial charge in [0.25, 0.3) is 0 Å². The zero-order chi connectivity index (χ0) is 26.3. The lowest BCUT2D eigenvalue weighted by atomic mass is 10.0. The van der Waals surface area contributed by atoms with E-state index in [4.69, 9.17) is 4.74 Å². The summed E-state index contributed by atoms with van der Waals surface area (Å²) in [5.41, 5.74) is 1.03. The maximum Gasteiger partial charge on any atom is 0.410 e. The minimum absolute atomic E-state index is 0.0822. The number of nitrogens with zero attached hydrogens (tertiary/aromatic N) is 7. The van der Waals surface area contributed by atoms with Crippen LogP contribution in [-0.2, 0) is 4.74 Å². The monoisotopic (exact) mass is 519 g/mol. The van der Waals surface area contributed by atoms with E-state index in [-0.39, 0.29) is 18.0 Å². The smallest absolute Gasteiger partial charge is 0.410 e. The molecule has 0 N–H and O–H groups in total. The van der Waals surface area contributed by atoms with Crippen molar-refractivity contribution in [2.24, 2.45) is 0 Å². The molecule has 0 saturated carbocycles. The molecular weight excluding hydrogens is 493 g/mol. The highest BCUT2D eigenvalue weighted by Gasteiger charge is 2.32. The van der Waals surface area contributed by atoms with Gasteiger partial charge in [0.2, 0.25) is 0 Å². The van der Waals surface area contributed by atoms with Crippen LogP contribution in [0.4, 0.5) is 15.0 Å². The van der Waals surface area contributed by atoms with Crippen molar-refractivity contribution < 1.29 is 13.9 Å². The highest BCUT2D eigenvalue weighted by Crippen LogP contribution is 2.39. The summed E-state index contributed by atoms with van der Waals surface area (Å²) < 4.78 is 22.4. The largest absolute Gasteiger partial charge is 0.444 e. The molecule has 190 valence electrons. The average molecular weight is 520 g/mol. The molecule has 1 aromatic carbocycles. The number of anilines is 1. The zero-order valence-corrected chi connectivity index (χ0v) is 21.8. The van der Waals surface area contributed by atoms with Crippen LogP contribution >= 0.6 is 11.3 Å². The fraction of sp³-hybridized carbons (Fsp3) is 0.346. The fourth-order valence-corrected chi connectivity index (χ4v) is 5.18. The molecule has 0 unspecified atom stereocenters.